The van der Waals surface area contributed by atoms with Crippen LogP contribution in [0.2, 0.25) is 0 Å². The molecule has 0 amide bonds. The lowest BCUT2D eigenvalue weighted by atomic mass is 9.79. The molecule has 6 heteroatoms. The Morgan fingerprint density at radius 1 is 1.03 bits per heavy atom. The second-order valence-corrected chi connectivity index (χ2v) is 9.74. The quantitative estimate of drug-likeness (QED) is 0.415. The molecule has 6 rings (SSSR count). The van der Waals surface area contributed by atoms with Gasteiger partial charge in [-0.05, 0) is 68.5 Å². The van der Waals surface area contributed by atoms with Crippen LogP contribution in [0.25, 0.3) is 22.2 Å². The summed E-state index contributed by atoms with van der Waals surface area (Å²) in [6.45, 7) is 6.50. The summed E-state index contributed by atoms with van der Waals surface area (Å²) in [7, 11) is 0. The molecule has 6 nitrogen and oxygen atoms in total. The van der Waals surface area contributed by atoms with Gasteiger partial charge in [-0.25, -0.2) is 9.97 Å². The molecule has 1 aliphatic carbocycles. The predicted octanol–water partition coefficient (Wildman–Crippen LogP) is 5.22. The highest BCUT2D eigenvalue weighted by Gasteiger charge is 2.35. The molecular weight excluding hydrogens is 422 g/mol. The second kappa shape index (κ2) is 8.76. The first-order valence-electron chi connectivity index (χ1n) is 12.3. The van der Waals surface area contributed by atoms with Crippen molar-refractivity contribution < 1.29 is 4.74 Å². The Bertz CT molecular complexity index is 1310. The Labute approximate surface area is 200 Å². The standard InChI is InChI=1S/C28H31N5O/c1-19-25(22-9-5-10-24(15-22)34-17-20-7-3-2-4-8-20)26-27(29)30-18-31-28(26)33(19)23-13-21(14-23)16-32-11-6-12-32/h2-5,7-10,15,18,21,23H,6,11-14,16-17H2,1H3,(H2,29,30,31). The van der Waals surface area contributed by atoms with E-state index >= 15 is 0 Å². The van der Waals surface area contributed by atoms with Gasteiger partial charge < -0.3 is 19.9 Å². The zero-order valence-corrected chi connectivity index (χ0v) is 19.7. The van der Waals surface area contributed by atoms with Crippen molar-refractivity contribution in [3.63, 3.8) is 0 Å². The van der Waals surface area contributed by atoms with Crippen molar-refractivity contribution in [3.8, 4) is 16.9 Å². The first-order valence-corrected chi connectivity index (χ1v) is 12.3. The molecule has 1 saturated heterocycles. The van der Waals surface area contributed by atoms with E-state index < -0.39 is 0 Å². The van der Waals surface area contributed by atoms with E-state index in [1.165, 1.54) is 44.6 Å². The molecule has 2 aromatic heterocycles. The third-order valence-corrected chi connectivity index (χ3v) is 7.47. The van der Waals surface area contributed by atoms with Crippen LogP contribution in [-0.4, -0.2) is 39.1 Å². The van der Waals surface area contributed by atoms with Gasteiger partial charge in [0.2, 0.25) is 0 Å². The number of benzene rings is 2. The highest BCUT2D eigenvalue weighted by molar-refractivity contribution is 6.02. The van der Waals surface area contributed by atoms with Crippen molar-refractivity contribution in [1.29, 1.82) is 0 Å². The van der Waals surface area contributed by atoms with E-state index in [1.54, 1.807) is 6.33 Å². The topological polar surface area (TPSA) is 69.2 Å². The van der Waals surface area contributed by atoms with E-state index in [1.807, 2.05) is 30.3 Å². The lowest BCUT2D eigenvalue weighted by molar-refractivity contribution is 0.0915. The minimum absolute atomic E-state index is 0.467. The maximum atomic E-state index is 6.43. The predicted molar refractivity (Wildman–Crippen MR) is 136 cm³/mol. The van der Waals surface area contributed by atoms with Gasteiger partial charge in [-0.3, -0.25) is 0 Å². The number of likely N-dealkylation sites (tertiary alicyclic amines) is 1. The maximum Gasteiger partial charge on any atom is 0.146 e. The van der Waals surface area contributed by atoms with Crippen LogP contribution in [0.4, 0.5) is 5.82 Å². The monoisotopic (exact) mass is 453 g/mol. The summed E-state index contributed by atoms with van der Waals surface area (Å²) < 4.78 is 8.53. The number of ether oxygens (including phenoxy) is 1. The number of aromatic nitrogens is 3. The Balaban J connectivity index is 1.31. The smallest absolute Gasteiger partial charge is 0.146 e. The van der Waals surface area contributed by atoms with E-state index in [0.717, 1.165) is 39.4 Å². The third kappa shape index (κ3) is 3.82. The van der Waals surface area contributed by atoms with Crippen LogP contribution in [0, 0.1) is 12.8 Å². The summed E-state index contributed by atoms with van der Waals surface area (Å²) in [4.78, 5) is 11.6. The summed E-state index contributed by atoms with van der Waals surface area (Å²) in [5, 5.41) is 0.950. The van der Waals surface area contributed by atoms with Gasteiger partial charge in [0.25, 0.3) is 0 Å². The molecule has 34 heavy (non-hydrogen) atoms. The molecule has 1 saturated carbocycles. The molecule has 2 N–H and O–H groups in total. The second-order valence-electron chi connectivity index (χ2n) is 9.74. The molecule has 1 aliphatic heterocycles. The number of fused-ring (bicyclic) bond motifs is 1. The van der Waals surface area contributed by atoms with E-state index in [4.69, 9.17) is 15.5 Å². The number of nitrogen functional groups attached to an aromatic ring is 1. The number of hydrogen-bond donors (Lipinski definition) is 1. The molecular formula is C28H31N5O. The number of anilines is 1. The Kier molecular flexibility index (Phi) is 5.46. The summed E-state index contributed by atoms with van der Waals surface area (Å²) in [5.41, 5.74) is 11.9. The van der Waals surface area contributed by atoms with Gasteiger partial charge in [-0.15, -0.1) is 0 Å². The number of nitrogens with zero attached hydrogens (tertiary/aromatic N) is 4. The third-order valence-electron chi connectivity index (χ3n) is 7.47. The lowest BCUT2D eigenvalue weighted by Gasteiger charge is -2.42. The van der Waals surface area contributed by atoms with E-state index in [0.29, 0.717) is 18.5 Å². The van der Waals surface area contributed by atoms with Crippen molar-refractivity contribution in [2.75, 3.05) is 25.4 Å². The van der Waals surface area contributed by atoms with Crippen molar-refractivity contribution >= 4 is 16.9 Å². The SMILES string of the molecule is Cc1c(-c2cccc(OCc3ccccc3)c2)c2c(N)ncnc2n1C1CC(CN2CCC2)C1. The fraction of sp³-hybridized carbons (Fsp3) is 0.357. The number of rotatable bonds is 7. The molecule has 0 bridgehead atoms. The minimum Gasteiger partial charge on any atom is -0.489 e. The summed E-state index contributed by atoms with van der Waals surface area (Å²) in [6.07, 6.45) is 5.34. The van der Waals surface area contributed by atoms with Gasteiger partial charge in [0.1, 0.15) is 30.1 Å². The molecule has 2 fully saturated rings. The van der Waals surface area contributed by atoms with Gasteiger partial charge in [0.15, 0.2) is 0 Å². The first kappa shape index (κ1) is 21.2. The summed E-state index contributed by atoms with van der Waals surface area (Å²) in [5.74, 6) is 2.16. The normalized spacial score (nSPS) is 20.1. The van der Waals surface area contributed by atoms with Crippen molar-refractivity contribution in [2.24, 2.45) is 5.92 Å². The zero-order chi connectivity index (χ0) is 23.1. The van der Waals surface area contributed by atoms with Crippen LogP contribution in [0.5, 0.6) is 5.75 Å². The molecule has 2 aromatic carbocycles. The number of hydrogen-bond acceptors (Lipinski definition) is 5. The van der Waals surface area contributed by atoms with Crippen molar-refractivity contribution in [3.05, 3.63) is 72.2 Å². The molecule has 0 radical (unpaired) electrons. The Morgan fingerprint density at radius 2 is 1.85 bits per heavy atom. The molecule has 174 valence electrons. The molecule has 2 aliphatic rings. The van der Waals surface area contributed by atoms with Crippen molar-refractivity contribution in [2.45, 2.75) is 38.8 Å². The fourth-order valence-electron chi connectivity index (χ4n) is 5.54. The highest BCUT2D eigenvalue weighted by atomic mass is 16.5. The fourth-order valence-corrected chi connectivity index (χ4v) is 5.54. The molecule has 0 unspecified atom stereocenters. The van der Waals surface area contributed by atoms with Gasteiger partial charge in [-0.1, -0.05) is 42.5 Å². The molecule has 3 heterocycles. The summed E-state index contributed by atoms with van der Waals surface area (Å²) >= 11 is 0. The van der Waals surface area contributed by atoms with Gasteiger partial charge in [-0.2, -0.15) is 0 Å². The van der Waals surface area contributed by atoms with E-state index in [-0.39, 0.29) is 0 Å². The Hall–Kier alpha value is -3.38. The molecule has 0 atom stereocenters. The van der Waals surface area contributed by atoms with E-state index in [2.05, 4.69) is 45.6 Å². The average molecular weight is 454 g/mol. The zero-order valence-electron chi connectivity index (χ0n) is 19.7. The Morgan fingerprint density at radius 3 is 2.62 bits per heavy atom. The van der Waals surface area contributed by atoms with Crippen LogP contribution in [0.1, 0.15) is 36.6 Å². The molecule has 0 spiro atoms. The van der Waals surface area contributed by atoms with Gasteiger partial charge in [0, 0.05) is 23.8 Å². The first-order chi connectivity index (χ1) is 16.7. The van der Waals surface area contributed by atoms with Crippen molar-refractivity contribution in [1.82, 2.24) is 19.4 Å². The van der Waals surface area contributed by atoms with Crippen LogP contribution in [0.3, 0.4) is 0 Å². The van der Waals surface area contributed by atoms with Crippen LogP contribution in [0.15, 0.2) is 60.9 Å². The lowest BCUT2D eigenvalue weighted by Crippen LogP contribution is -2.44. The number of nitrogens with two attached hydrogens (primary N) is 1. The highest BCUT2D eigenvalue weighted by Crippen LogP contribution is 2.45. The van der Waals surface area contributed by atoms with E-state index in [9.17, 15) is 0 Å². The van der Waals surface area contributed by atoms with Crippen LogP contribution in [-0.2, 0) is 6.61 Å². The van der Waals surface area contributed by atoms with Gasteiger partial charge in [0.05, 0.1) is 5.39 Å². The molecule has 4 aromatic rings. The average Bonchev–Trinajstić information content (AvgIpc) is 3.09. The minimum atomic E-state index is 0.467. The largest absolute Gasteiger partial charge is 0.489 e. The van der Waals surface area contributed by atoms with Gasteiger partial charge >= 0.3 is 0 Å². The van der Waals surface area contributed by atoms with Crippen LogP contribution >= 0.6 is 0 Å². The summed E-state index contributed by atoms with van der Waals surface area (Å²) in [6, 6.07) is 19.0. The van der Waals surface area contributed by atoms with Crippen LogP contribution < -0.4 is 10.5 Å². The maximum absolute atomic E-state index is 6.43.